The van der Waals surface area contributed by atoms with Crippen molar-refractivity contribution in [1.29, 1.82) is 0 Å². The van der Waals surface area contributed by atoms with E-state index in [1.54, 1.807) is 0 Å². The highest BCUT2D eigenvalue weighted by Gasteiger charge is 2.38. The molecule has 78 valence electrons. The third-order valence-corrected chi connectivity index (χ3v) is 3.65. The molecule has 0 aromatic rings. The Morgan fingerprint density at radius 3 is 2.93 bits per heavy atom. The lowest BCUT2D eigenvalue weighted by atomic mass is 10.2. The van der Waals surface area contributed by atoms with Crippen LogP contribution >= 0.6 is 11.8 Å². The van der Waals surface area contributed by atoms with Crippen LogP contribution in [-0.2, 0) is 19.1 Å². The molecular formula is C7H9NO4S2. The minimum absolute atomic E-state index is 0.0109. The van der Waals surface area contributed by atoms with E-state index in [1.165, 1.54) is 22.9 Å². The molecule has 1 fully saturated rings. The summed E-state index contributed by atoms with van der Waals surface area (Å²) in [6.45, 7) is 0. The lowest BCUT2D eigenvalue weighted by Crippen LogP contribution is -2.49. The van der Waals surface area contributed by atoms with Crippen LogP contribution in [0.5, 0.6) is 0 Å². The second kappa shape index (κ2) is 3.16. The molecule has 0 unspecified atom stereocenters. The van der Waals surface area contributed by atoms with Gasteiger partial charge in [-0.05, 0) is 0 Å². The number of fused-ring (bicyclic) bond motifs is 1. The topological polar surface area (TPSA) is 63.7 Å². The Morgan fingerprint density at radius 2 is 2.36 bits per heavy atom. The average Bonchev–Trinajstić information content (AvgIpc) is 2.04. The van der Waals surface area contributed by atoms with Crippen LogP contribution in [0.25, 0.3) is 0 Å². The maximum absolute atomic E-state index is 11.0. The van der Waals surface area contributed by atoms with Crippen LogP contribution in [0, 0.1) is 0 Å². The van der Waals surface area contributed by atoms with Crippen molar-refractivity contribution in [3.05, 3.63) is 12.0 Å². The first-order valence-electron chi connectivity index (χ1n) is 3.98. The first-order chi connectivity index (χ1) is 6.46. The standard InChI is InChI=1S/C7H9NO4S2/c1-14(10,11)12-5-3-8-6(9)2-7(8)13-4-5/h3,7H,2,4H2,1H3/t7-/m0/s1. The van der Waals surface area contributed by atoms with E-state index in [1.807, 2.05) is 0 Å². The van der Waals surface area contributed by atoms with Crippen molar-refractivity contribution < 1.29 is 17.4 Å². The fraction of sp³-hybridized carbons (Fsp3) is 0.571. The van der Waals surface area contributed by atoms with Crippen LogP contribution in [0.1, 0.15) is 6.42 Å². The predicted molar refractivity (Wildman–Crippen MR) is 51.7 cm³/mol. The fourth-order valence-electron chi connectivity index (χ4n) is 1.31. The van der Waals surface area contributed by atoms with Gasteiger partial charge in [-0.15, -0.1) is 11.8 Å². The molecule has 0 aromatic heterocycles. The van der Waals surface area contributed by atoms with Gasteiger partial charge in [0.1, 0.15) is 5.76 Å². The molecule has 1 saturated heterocycles. The zero-order valence-corrected chi connectivity index (χ0v) is 9.10. The van der Waals surface area contributed by atoms with E-state index >= 15 is 0 Å². The molecule has 0 aliphatic carbocycles. The molecule has 14 heavy (non-hydrogen) atoms. The van der Waals surface area contributed by atoms with Crippen molar-refractivity contribution in [3.8, 4) is 0 Å². The number of hydrogen-bond donors (Lipinski definition) is 0. The van der Waals surface area contributed by atoms with Crippen molar-refractivity contribution in [3.63, 3.8) is 0 Å². The fourth-order valence-corrected chi connectivity index (χ4v) is 2.96. The monoisotopic (exact) mass is 235 g/mol. The first kappa shape index (κ1) is 9.85. The van der Waals surface area contributed by atoms with Crippen molar-refractivity contribution in [2.45, 2.75) is 11.8 Å². The van der Waals surface area contributed by atoms with Crippen LogP contribution in [-0.4, -0.2) is 36.6 Å². The van der Waals surface area contributed by atoms with Gasteiger partial charge in [0, 0.05) is 6.20 Å². The number of thioether (sulfide) groups is 1. The summed E-state index contributed by atoms with van der Waals surface area (Å²) in [5, 5.41) is 0.175. The summed E-state index contributed by atoms with van der Waals surface area (Å²) in [6, 6.07) is 0. The third kappa shape index (κ3) is 1.88. The van der Waals surface area contributed by atoms with E-state index in [4.69, 9.17) is 4.18 Å². The molecule has 0 spiro atoms. The van der Waals surface area contributed by atoms with Crippen LogP contribution < -0.4 is 0 Å². The Bertz CT molecular complexity index is 400. The molecule has 0 saturated carbocycles. The van der Waals surface area contributed by atoms with Crippen LogP contribution in [0.3, 0.4) is 0 Å². The Labute approximate surface area is 86.2 Å². The van der Waals surface area contributed by atoms with E-state index in [9.17, 15) is 13.2 Å². The molecule has 7 heteroatoms. The van der Waals surface area contributed by atoms with Gasteiger partial charge in [-0.1, -0.05) is 0 Å². The Balaban J connectivity index is 2.11. The van der Waals surface area contributed by atoms with Gasteiger partial charge in [0.15, 0.2) is 0 Å². The summed E-state index contributed by atoms with van der Waals surface area (Å²) in [7, 11) is -3.48. The maximum Gasteiger partial charge on any atom is 0.306 e. The molecular weight excluding hydrogens is 226 g/mol. The first-order valence-corrected chi connectivity index (χ1v) is 6.85. The molecule has 5 nitrogen and oxygen atoms in total. The molecule has 0 bridgehead atoms. The van der Waals surface area contributed by atoms with Crippen LogP contribution in [0.15, 0.2) is 12.0 Å². The Hall–Kier alpha value is -0.690. The van der Waals surface area contributed by atoms with Crippen molar-refractivity contribution >= 4 is 27.8 Å². The highest BCUT2D eigenvalue weighted by Crippen LogP contribution is 2.35. The minimum atomic E-state index is -3.48. The summed E-state index contributed by atoms with van der Waals surface area (Å²) in [5.74, 6) is 0.834. The van der Waals surface area contributed by atoms with Crippen LogP contribution in [0.4, 0.5) is 0 Å². The highest BCUT2D eigenvalue weighted by atomic mass is 32.2. The Kier molecular flexibility index (Phi) is 2.23. The van der Waals surface area contributed by atoms with Crippen LogP contribution in [0.2, 0.25) is 0 Å². The van der Waals surface area contributed by atoms with Crippen molar-refractivity contribution in [1.82, 2.24) is 4.90 Å². The molecule has 2 rings (SSSR count). The lowest BCUT2D eigenvalue weighted by Gasteiger charge is -2.40. The summed E-state index contributed by atoms with van der Waals surface area (Å²) in [5.41, 5.74) is 0. The summed E-state index contributed by atoms with van der Waals surface area (Å²) >= 11 is 1.51. The molecule has 1 amide bonds. The lowest BCUT2D eigenvalue weighted by molar-refractivity contribution is -0.137. The quantitative estimate of drug-likeness (QED) is 0.502. The maximum atomic E-state index is 11.0. The van der Waals surface area contributed by atoms with E-state index < -0.39 is 10.1 Å². The van der Waals surface area contributed by atoms with Gasteiger partial charge in [-0.2, -0.15) is 8.42 Å². The van der Waals surface area contributed by atoms with Gasteiger partial charge >= 0.3 is 10.1 Å². The largest absolute Gasteiger partial charge is 0.385 e. The minimum Gasteiger partial charge on any atom is -0.385 e. The smallest absolute Gasteiger partial charge is 0.306 e. The molecule has 2 heterocycles. The van der Waals surface area contributed by atoms with Crippen molar-refractivity contribution in [2.24, 2.45) is 0 Å². The molecule has 2 aliphatic rings. The summed E-state index contributed by atoms with van der Waals surface area (Å²) in [4.78, 5) is 12.5. The molecule has 0 radical (unpaired) electrons. The van der Waals surface area contributed by atoms with Gasteiger partial charge < -0.3 is 9.08 Å². The van der Waals surface area contributed by atoms with Gasteiger partial charge in [0.05, 0.1) is 23.8 Å². The molecule has 1 atom stereocenters. The van der Waals surface area contributed by atoms with E-state index in [0.29, 0.717) is 17.9 Å². The summed E-state index contributed by atoms with van der Waals surface area (Å²) < 4.78 is 26.3. The average molecular weight is 235 g/mol. The third-order valence-electron chi connectivity index (χ3n) is 1.91. The predicted octanol–water partition coefficient (Wildman–Crippen LogP) is 0.109. The second-order valence-corrected chi connectivity index (χ2v) is 5.89. The normalized spacial score (nSPS) is 26.4. The number of amides is 1. The van der Waals surface area contributed by atoms with E-state index in [-0.39, 0.29) is 11.3 Å². The summed E-state index contributed by atoms with van der Waals surface area (Å²) in [6.07, 6.45) is 3.00. The molecule has 0 aromatic carbocycles. The van der Waals surface area contributed by atoms with Gasteiger partial charge in [0.2, 0.25) is 5.91 Å². The second-order valence-electron chi connectivity index (χ2n) is 3.15. The number of nitrogens with zero attached hydrogens (tertiary/aromatic N) is 1. The zero-order valence-electron chi connectivity index (χ0n) is 7.47. The Morgan fingerprint density at radius 1 is 1.64 bits per heavy atom. The zero-order chi connectivity index (χ0) is 10.3. The van der Waals surface area contributed by atoms with Gasteiger partial charge in [-0.25, -0.2) is 0 Å². The number of carbonyl (C=O) groups excluding carboxylic acids is 1. The molecule has 2 aliphatic heterocycles. The SMILES string of the molecule is CS(=O)(=O)OC1=CN2C(=O)C[C@@H]2SC1. The van der Waals surface area contributed by atoms with Gasteiger partial charge in [-0.3, -0.25) is 4.79 Å². The number of rotatable bonds is 2. The van der Waals surface area contributed by atoms with E-state index in [2.05, 4.69) is 0 Å². The molecule has 0 N–H and O–H groups in total. The highest BCUT2D eigenvalue weighted by molar-refractivity contribution is 8.00. The number of β-lactam (4-membered cyclic amide) rings is 1. The van der Waals surface area contributed by atoms with E-state index in [0.717, 1.165) is 6.26 Å². The van der Waals surface area contributed by atoms with Gasteiger partial charge in [0.25, 0.3) is 0 Å². The number of carbonyl (C=O) groups is 1. The number of hydrogen-bond acceptors (Lipinski definition) is 5. The van der Waals surface area contributed by atoms with Crippen molar-refractivity contribution in [2.75, 3.05) is 12.0 Å².